The number of carbonyl (C=O) groups excluding carboxylic acids is 1. The fraction of sp³-hybridized carbons (Fsp3) is 0.360. The van der Waals surface area contributed by atoms with Gasteiger partial charge in [0.25, 0.3) is 5.91 Å². The SMILES string of the molecule is CN(C)C(=O)c1ccc2c(c1)N(c1ncc(-c3cc(C(C)(C)O)ccn3)cn1)CC21COC1. The number of amides is 1. The highest BCUT2D eigenvalue weighted by molar-refractivity contribution is 5.95. The summed E-state index contributed by atoms with van der Waals surface area (Å²) < 4.78 is 5.56. The summed E-state index contributed by atoms with van der Waals surface area (Å²) in [6.07, 6.45) is 5.17. The topological polar surface area (TPSA) is 91.7 Å². The Kier molecular flexibility index (Phi) is 4.95. The van der Waals surface area contributed by atoms with E-state index in [1.54, 1.807) is 57.5 Å². The molecule has 170 valence electrons. The first kappa shape index (κ1) is 21.5. The summed E-state index contributed by atoms with van der Waals surface area (Å²) in [6, 6.07) is 9.50. The number of pyridine rings is 1. The summed E-state index contributed by atoms with van der Waals surface area (Å²) in [5.74, 6) is 0.523. The van der Waals surface area contributed by atoms with Crippen molar-refractivity contribution in [3.05, 3.63) is 65.6 Å². The van der Waals surface area contributed by atoms with Gasteiger partial charge in [-0.3, -0.25) is 9.78 Å². The first-order chi connectivity index (χ1) is 15.7. The van der Waals surface area contributed by atoms with Crippen LogP contribution in [0.15, 0.2) is 48.9 Å². The molecule has 0 unspecified atom stereocenters. The zero-order valence-electron chi connectivity index (χ0n) is 19.2. The summed E-state index contributed by atoms with van der Waals surface area (Å²) in [7, 11) is 3.49. The second-order valence-electron chi connectivity index (χ2n) is 9.55. The van der Waals surface area contributed by atoms with Crippen molar-refractivity contribution < 1.29 is 14.6 Å². The molecule has 1 amide bonds. The molecule has 2 aromatic heterocycles. The van der Waals surface area contributed by atoms with Crippen LogP contribution >= 0.6 is 0 Å². The molecule has 1 saturated heterocycles. The van der Waals surface area contributed by atoms with Crippen LogP contribution in [-0.2, 0) is 15.8 Å². The van der Waals surface area contributed by atoms with E-state index in [4.69, 9.17) is 4.74 Å². The highest BCUT2D eigenvalue weighted by Gasteiger charge is 2.49. The molecule has 2 aliphatic heterocycles. The average Bonchev–Trinajstić information content (AvgIpc) is 3.13. The van der Waals surface area contributed by atoms with E-state index in [1.165, 1.54) is 0 Å². The molecule has 0 radical (unpaired) electrons. The molecule has 0 aliphatic carbocycles. The van der Waals surface area contributed by atoms with Crippen molar-refractivity contribution in [2.45, 2.75) is 24.9 Å². The Bertz CT molecular complexity index is 1210. The summed E-state index contributed by atoms with van der Waals surface area (Å²) in [5, 5.41) is 10.3. The highest BCUT2D eigenvalue weighted by atomic mass is 16.5. The fourth-order valence-corrected chi connectivity index (χ4v) is 4.40. The van der Waals surface area contributed by atoms with E-state index < -0.39 is 5.60 Å². The minimum Gasteiger partial charge on any atom is -0.386 e. The number of hydrogen-bond acceptors (Lipinski definition) is 7. The number of benzene rings is 1. The molecular weight excluding hydrogens is 418 g/mol. The van der Waals surface area contributed by atoms with E-state index in [-0.39, 0.29) is 11.3 Å². The van der Waals surface area contributed by atoms with Crippen LogP contribution in [0.25, 0.3) is 11.3 Å². The van der Waals surface area contributed by atoms with E-state index in [2.05, 4.69) is 19.9 Å². The molecule has 0 atom stereocenters. The van der Waals surface area contributed by atoms with Gasteiger partial charge in [0, 0.05) is 56.0 Å². The third-order valence-corrected chi connectivity index (χ3v) is 6.37. The molecule has 0 bridgehead atoms. The van der Waals surface area contributed by atoms with Gasteiger partial charge in [-0.05, 0) is 49.2 Å². The maximum absolute atomic E-state index is 12.6. The van der Waals surface area contributed by atoms with E-state index in [0.717, 1.165) is 22.4 Å². The molecule has 4 heterocycles. The first-order valence-corrected chi connectivity index (χ1v) is 10.9. The van der Waals surface area contributed by atoms with Crippen molar-refractivity contribution >= 4 is 17.5 Å². The van der Waals surface area contributed by atoms with Crippen molar-refractivity contribution in [1.82, 2.24) is 19.9 Å². The van der Waals surface area contributed by atoms with Crippen LogP contribution in [0.3, 0.4) is 0 Å². The van der Waals surface area contributed by atoms with Gasteiger partial charge in [0.15, 0.2) is 0 Å². The van der Waals surface area contributed by atoms with Crippen LogP contribution in [0.1, 0.15) is 35.3 Å². The molecule has 1 N–H and O–H groups in total. The molecule has 2 aliphatic rings. The highest BCUT2D eigenvalue weighted by Crippen LogP contribution is 2.47. The predicted molar refractivity (Wildman–Crippen MR) is 124 cm³/mol. The number of hydrogen-bond donors (Lipinski definition) is 1. The summed E-state index contributed by atoms with van der Waals surface area (Å²) >= 11 is 0. The Hall–Kier alpha value is -3.36. The van der Waals surface area contributed by atoms with Crippen molar-refractivity contribution in [2.24, 2.45) is 0 Å². The summed E-state index contributed by atoms with van der Waals surface area (Å²) in [4.78, 5) is 29.9. The van der Waals surface area contributed by atoms with Gasteiger partial charge >= 0.3 is 0 Å². The van der Waals surface area contributed by atoms with E-state index >= 15 is 0 Å². The summed E-state index contributed by atoms with van der Waals surface area (Å²) in [5.41, 5.74) is 3.92. The van der Waals surface area contributed by atoms with Gasteiger partial charge in [-0.15, -0.1) is 0 Å². The number of anilines is 2. The number of nitrogens with zero attached hydrogens (tertiary/aromatic N) is 5. The van der Waals surface area contributed by atoms with Crippen LogP contribution in [0.4, 0.5) is 11.6 Å². The third kappa shape index (κ3) is 3.65. The maximum Gasteiger partial charge on any atom is 0.253 e. The minimum atomic E-state index is -0.960. The summed E-state index contributed by atoms with van der Waals surface area (Å²) in [6.45, 7) is 5.47. The van der Waals surface area contributed by atoms with Crippen LogP contribution in [0, 0.1) is 0 Å². The zero-order chi connectivity index (χ0) is 23.4. The molecule has 0 saturated carbocycles. The Balaban J connectivity index is 1.50. The number of aliphatic hydroxyl groups is 1. The van der Waals surface area contributed by atoms with Gasteiger partial charge in [-0.1, -0.05) is 6.07 Å². The molecule has 1 fully saturated rings. The second-order valence-corrected chi connectivity index (χ2v) is 9.55. The van der Waals surface area contributed by atoms with Crippen LogP contribution in [0.2, 0.25) is 0 Å². The lowest BCUT2D eigenvalue weighted by Crippen LogP contribution is -2.49. The third-order valence-electron chi connectivity index (χ3n) is 6.37. The van der Waals surface area contributed by atoms with Crippen LogP contribution in [-0.4, -0.2) is 64.7 Å². The molecule has 3 aromatic rings. The van der Waals surface area contributed by atoms with Gasteiger partial charge in [-0.25, -0.2) is 9.97 Å². The van der Waals surface area contributed by atoms with Crippen molar-refractivity contribution in [3.8, 4) is 11.3 Å². The normalized spacial score (nSPS) is 16.5. The molecule has 8 heteroatoms. The van der Waals surface area contributed by atoms with E-state index in [0.29, 0.717) is 37.0 Å². The van der Waals surface area contributed by atoms with E-state index in [1.807, 2.05) is 24.3 Å². The number of fused-ring (bicyclic) bond motifs is 2. The Morgan fingerprint density at radius 2 is 1.85 bits per heavy atom. The lowest BCUT2D eigenvalue weighted by Gasteiger charge is -2.38. The van der Waals surface area contributed by atoms with Crippen molar-refractivity contribution in [3.63, 3.8) is 0 Å². The first-order valence-electron chi connectivity index (χ1n) is 10.9. The van der Waals surface area contributed by atoms with Gasteiger partial charge in [0.2, 0.25) is 5.95 Å². The van der Waals surface area contributed by atoms with Gasteiger partial charge in [-0.2, -0.15) is 0 Å². The van der Waals surface area contributed by atoms with Crippen molar-refractivity contribution in [1.29, 1.82) is 0 Å². The number of carbonyl (C=O) groups is 1. The molecule has 33 heavy (non-hydrogen) atoms. The minimum absolute atomic E-state index is 0.0439. The fourth-order valence-electron chi connectivity index (χ4n) is 4.40. The average molecular weight is 446 g/mol. The smallest absolute Gasteiger partial charge is 0.253 e. The van der Waals surface area contributed by atoms with Gasteiger partial charge in [0.05, 0.1) is 29.9 Å². The molecular formula is C25H27N5O3. The van der Waals surface area contributed by atoms with Crippen LogP contribution in [0.5, 0.6) is 0 Å². The van der Waals surface area contributed by atoms with Gasteiger partial charge < -0.3 is 19.6 Å². The van der Waals surface area contributed by atoms with Crippen molar-refractivity contribution in [2.75, 3.05) is 38.8 Å². The number of rotatable bonds is 4. The number of aromatic nitrogens is 3. The molecule has 1 spiro atoms. The lowest BCUT2D eigenvalue weighted by atomic mass is 9.80. The quantitative estimate of drug-likeness (QED) is 0.660. The largest absolute Gasteiger partial charge is 0.386 e. The zero-order valence-corrected chi connectivity index (χ0v) is 19.2. The second kappa shape index (κ2) is 7.60. The van der Waals surface area contributed by atoms with E-state index in [9.17, 15) is 9.90 Å². The Morgan fingerprint density at radius 3 is 2.45 bits per heavy atom. The lowest BCUT2D eigenvalue weighted by molar-refractivity contribution is -0.0507. The predicted octanol–water partition coefficient (Wildman–Crippen LogP) is 2.89. The molecule has 5 rings (SSSR count). The maximum atomic E-state index is 12.6. The molecule has 8 nitrogen and oxygen atoms in total. The Labute approximate surface area is 192 Å². The monoisotopic (exact) mass is 445 g/mol. The standard InChI is InChI=1S/C25H27N5O3/c1-24(2,32)18-7-8-26-20(10-18)17-11-27-23(28-12-17)30-13-25(14-33-15-25)19-6-5-16(9-21(19)30)22(31)29(3)4/h5-12,32H,13-15H2,1-4H3. The van der Waals surface area contributed by atoms with Gasteiger partial charge in [0.1, 0.15) is 0 Å². The Morgan fingerprint density at radius 1 is 1.12 bits per heavy atom. The number of ether oxygens (including phenoxy) is 1. The van der Waals surface area contributed by atoms with Crippen LogP contribution < -0.4 is 4.90 Å². The molecule has 1 aromatic carbocycles.